The van der Waals surface area contributed by atoms with Crippen LogP contribution in [0.5, 0.6) is 17.2 Å². The van der Waals surface area contributed by atoms with E-state index in [1.165, 1.54) is 44.3 Å². The van der Waals surface area contributed by atoms with E-state index in [2.05, 4.69) is 42.2 Å². The number of para-hydroxylation sites is 1. The first-order valence-electron chi connectivity index (χ1n) is 12.0. The number of benzene rings is 3. The van der Waals surface area contributed by atoms with E-state index in [4.69, 9.17) is 9.47 Å². The Bertz CT molecular complexity index is 928. The Labute approximate surface area is 193 Å². The Morgan fingerprint density at radius 2 is 1.53 bits per heavy atom. The molecule has 3 heteroatoms. The van der Waals surface area contributed by atoms with Crippen LogP contribution in [0.4, 0.5) is 0 Å². The first kappa shape index (κ1) is 22.4. The van der Waals surface area contributed by atoms with E-state index < -0.39 is 0 Å². The molecule has 32 heavy (non-hydrogen) atoms. The fourth-order valence-electron chi connectivity index (χ4n) is 4.66. The second-order valence-corrected chi connectivity index (χ2v) is 8.77. The fourth-order valence-corrected chi connectivity index (χ4v) is 4.66. The molecule has 3 nitrogen and oxygen atoms in total. The first-order valence-corrected chi connectivity index (χ1v) is 12.0. The summed E-state index contributed by atoms with van der Waals surface area (Å²) in [5.74, 6) is 3.53. The van der Waals surface area contributed by atoms with E-state index in [9.17, 15) is 0 Å². The van der Waals surface area contributed by atoms with Crippen molar-refractivity contribution < 1.29 is 9.47 Å². The molecule has 0 saturated carbocycles. The Balaban J connectivity index is 1.41. The van der Waals surface area contributed by atoms with Crippen molar-refractivity contribution in [3.05, 3.63) is 90.5 Å². The van der Waals surface area contributed by atoms with Gasteiger partial charge in [-0.25, -0.2) is 0 Å². The zero-order valence-electron chi connectivity index (χ0n) is 19.2. The van der Waals surface area contributed by atoms with Crippen LogP contribution in [0, 0.1) is 5.92 Å². The molecule has 0 unspecified atom stereocenters. The van der Waals surface area contributed by atoms with Crippen LogP contribution in [-0.2, 0) is 0 Å². The molecule has 3 aromatic rings. The monoisotopic (exact) mass is 429 g/mol. The molecule has 1 fully saturated rings. The minimum Gasteiger partial charge on any atom is -0.493 e. The molecule has 168 valence electrons. The lowest BCUT2D eigenvalue weighted by atomic mass is 9.81. The molecule has 1 saturated heterocycles. The minimum atomic E-state index is 0.478. The SMILES string of the molecule is CCCCCN1CC[C@H](c2ccccc2)[C@@H](COc2cccc(Oc3ccccc3)c2)C1. The molecule has 0 bridgehead atoms. The molecule has 0 amide bonds. The van der Waals surface area contributed by atoms with Gasteiger partial charge in [-0.3, -0.25) is 0 Å². The number of hydrogen-bond donors (Lipinski definition) is 0. The standard InChI is InChI=1S/C29H35NO2/c1-2-3-10-19-30-20-18-29(24-12-6-4-7-13-24)25(22-30)23-31-27-16-11-17-28(21-27)32-26-14-8-5-9-15-26/h4-9,11-17,21,25,29H,2-3,10,18-20,22-23H2,1H3/t25-,29-/m1/s1. The fraction of sp³-hybridized carbons (Fsp3) is 0.379. The molecular weight excluding hydrogens is 394 g/mol. The highest BCUT2D eigenvalue weighted by molar-refractivity contribution is 5.36. The van der Waals surface area contributed by atoms with Gasteiger partial charge >= 0.3 is 0 Å². The highest BCUT2D eigenvalue weighted by Gasteiger charge is 2.30. The van der Waals surface area contributed by atoms with Crippen LogP contribution in [0.3, 0.4) is 0 Å². The first-order chi connectivity index (χ1) is 15.8. The topological polar surface area (TPSA) is 21.7 Å². The quantitative estimate of drug-likeness (QED) is 0.319. The molecule has 1 aliphatic rings. The number of piperidine rings is 1. The van der Waals surface area contributed by atoms with Gasteiger partial charge in [0.25, 0.3) is 0 Å². The van der Waals surface area contributed by atoms with Crippen LogP contribution in [0.15, 0.2) is 84.9 Å². The average Bonchev–Trinajstić information content (AvgIpc) is 2.84. The van der Waals surface area contributed by atoms with Crippen molar-refractivity contribution in [3.63, 3.8) is 0 Å². The zero-order chi connectivity index (χ0) is 22.0. The van der Waals surface area contributed by atoms with E-state index in [0.717, 1.165) is 30.4 Å². The molecule has 0 aliphatic carbocycles. The number of hydrogen-bond acceptors (Lipinski definition) is 3. The van der Waals surface area contributed by atoms with E-state index in [1.54, 1.807) is 0 Å². The van der Waals surface area contributed by atoms with Gasteiger partial charge in [-0.2, -0.15) is 0 Å². The molecule has 0 spiro atoms. The van der Waals surface area contributed by atoms with Crippen LogP contribution >= 0.6 is 0 Å². The molecular formula is C29H35NO2. The number of rotatable bonds is 10. The summed E-state index contributed by atoms with van der Waals surface area (Å²) in [6.45, 7) is 6.47. The average molecular weight is 430 g/mol. The third-order valence-corrected chi connectivity index (χ3v) is 6.37. The van der Waals surface area contributed by atoms with Gasteiger partial charge < -0.3 is 14.4 Å². The van der Waals surface area contributed by atoms with E-state index >= 15 is 0 Å². The molecule has 3 aromatic carbocycles. The second-order valence-electron chi connectivity index (χ2n) is 8.77. The summed E-state index contributed by atoms with van der Waals surface area (Å²) in [6, 6.07) is 28.8. The Morgan fingerprint density at radius 3 is 2.31 bits per heavy atom. The van der Waals surface area contributed by atoms with Gasteiger partial charge in [0.05, 0.1) is 6.61 Å². The smallest absolute Gasteiger partial charge is 0.131 e. The van der Waals surface area contributed by atoms with Gasteiger partial charge in [-0.15, -0.1) is 0 Å². The Hall–Kier alpha value is -2.78. The third-order valence-electron chi connectivity index (χ3n) is 6.37. The maximum Gasteiger partial charge on any atom is 0.131 e. The van der Waals surface area contributed by atoms with Crippen LogP contribution < -0.4 is 9.47 Å². The predicted octanol–water partition coefficient (Wildman–Crippen LogP) is 7.15. The molecule has 0 N–H and O–H groups in total. The van der Waals surface area contributed by atoms with Crippen LogP contribution in [0.25, 0.3) is 0 Å². The molecule has 2 atom stereocenters. The van der Waals surface area contributed by atoms with Crippen LogP contribution in [0.2, 0.25) is 0 Å². The summed E-state index contributed by atoms with van der Waals surface area (Å²) >= 11 is 0. The lowest BCUT2D eigenvalue weighted by Crippen LogP contribution is -2.42. The summed E-state index contributed by atoms with van der Waals surface area (Å²) < 4.78 is 12.3. The van der Waals surface area contributed by atoms with Crippen LogP contribution in [0.1, 0.15) is 44.1 Å². The normalized spacial score (nSPS) is 18.9. The van der Waals surface area contributed by atoms with Crippen molar-refractivity contribution in [2.75, 3.05) is 26.2 Å². The summed E-state index contributed by atoms with van der Waals surface area (Å²) in [4.78, 5) is 2.64. The van der Waals surface area contributed by atoms with Gasteiger partial charge in [-0.1, -0.05) is 74.4 Å². The molecule has 1 heterocycles. The summed E-state index contributed by atoms with van der Waals surface area (Å²) in [5.41, 5.74) is 1.44. The second kappa shape index (κ2) is 11.7. The van der Waals surface area contributed by atoms with Crippen molar-refractivity contribution >= 4 is 0 Å². The van der Waals surface area contributed by atoms with Gasteiger partial charge in [0, 0.05) is 18.5 Å². The number of unbranched alkanes of at least 4 members (excludes halogenated alkanes) is 2. The lowest BCUT2D eigenvalue weighted by molar-refractivity contribution is 0.109. The van der Waals surface area contributed by atoms with E-state index in [0.29, 0.717) is 11.8 Å². The molecule has 1 aliphatic heterocycles. The minimum absolute atomic E-state index is 0.478. The zero-order valence-corrected chi connectivity index (χ0v) is 19.2. The number of likely N-dealkylation sites (tertiary alicyclic amines) is 1. The van der Waals surface area contributed by atoms with Gasteiger partial charge in [0.15, 0.2) is 0 Å². The highest BCUT2D eigenvalue weighted by Crippen LogP contribution is 2.34. The molecule has 0 radical (unpaired) electrons. The third kappa shape index (κ3) is 6.37. The Morgan fingerprint density at radius 1 is 0.812 bits per heavy atom. The molecule has 0 aromatic heterocycles. The number of ether oxygens (including phenoxy) is 2. The van der Waals surface area contributed by atoms with Crippen molar-refractivity contribution in [2.24, 2.45) is 5.92 Å². The summed E-state index contributed by atoms with van der Waals surface area (Å²) in [7, 11) is 0. The summed E-state index contributed by atoms with van der Waals surface area (Å²) in [6.07, 6.45) is 5.07. The van der Waals surface area contributed by atoms with Crippen molar-refractivity contribution in [3.8, 4) is 17.2 Å². The van der Waals surface area contributed by atoms with Crippen molar-refractivity contribution in [2.45, 2.75) is 38.5 Å². The van der Waals surface area contributed by atoms with Gasteiger partial charge in [0.1, 0.15) is 17.2 Å². The molecule has 4 rings (SSSR count). The van der Waals surface area contributed by atoms with Crippen molar-refractivity contribution in [1.29, 1.82) is 0 Å². The predicted molar refractivity (Wildman–Crippen MR) is 132 cm³/mol. The van der Waals surface area contributed by atoms with Gasteiger partial charge in [-0.05, 0) is 61.7 Å². The van der Waals surface area contributed by atoms with Crippen molar-refractivity contribution in [1.82, 2.24) is 4.90 Å². The van der Waals surface area contributed by atoms with E-state index in [-0.39, 0.29) is 0 Å². The number of nitrogens with zero attached hydrogens (tertiary/aromatic N) is 1. The summed E-state index contributed by atoms with van der Waals surface area (Å²) in [5, 5.41) is 0. The van der Waals surface area contributed by atoms with Crippen LogP contribution in [-0.4, -0.2) is 31.1 Å². The maximum absolute atomic E-state index is 6.34. The van der Waals surface area contributed by atoms with E-state index in [1.807, 2.05) is 54.6 Å². The highest BCUT2D eigenvalue weighted by atomic mass is 16.5. The largest absolute Gasteiger partial charge is 0.493 e. The van der Waals surface area contributed by atoms with Gasteiger partial charge in [0.2, 0.25) is 0 Å². The lowest BCUT2D eigenvalue weighted by Gasteiger charge is -2.39. The maximum atomic E-state index is 6.34. The Kier molecular flexibility index (Phi) is 8.22.